The highest BCUT2D eigenvalue weighted by atomic mass is 32.2. The molecule has 35 heavy (non-hydrogen) atoms. The van der Waals surface area contributed by atoms with Crippen LogP contribution in [-0.4, -0.2) is 45.2 Å². The van der Waals surface area contributed by atoms with E-state index in [4.69, 9.17) is 14.7 Å². The van der Waals surface area contributed by atoms with Crippen LogP contribution in [0.3, 0.4) is 0 Å². The highest BCUT2D eigenvalue weighted by Gasteiger charge is 2.35. The van der Waals surface area contributed by atoms with Crippen molar-refractivity contribution in [2.24, 2.45) is 0 Å². The predicted octanol–water partition coefficient (Wildman–Crippen LogP) is 3.14. The zero-order valence-corrected chi connectivity index (χ0v) is 20.4. The van der Waals surface area contributed by atoms with Crippen LogP contribution in [0, 0.1) is 17.1 Å². The van der Waals surface area contributed by atoms with Crippen molar-refractivity contribution < 1.29 is 31.9 Å². The van der Waals surface area contributed by atoms with Crippen LogP contribution < -0.4 is 19.7 Å². The number of ether oxygens (including phenoxy) is 2. The molecule has 1 heterocycles. The molecule has 2 amide bonds. The number of carbonyl (C=O) groups is 2. The van der Waals surface area contributed by atoms with Crippen LogP contribution in [0.1, 0.15) is 33.3 Å². The minimum absolute atomic E-state index is 0.0333. The number of rotatable bonds is 5. The molecule has 0 radical (unpaired) electrons. The van der Waals surface area contributed by atoms with Gasteiger partial charge in [0.2, 0.25) is 5.91 Å². The molecule has 186 valence electrons. The van der Waals surface area contributed by atoms with Crippen molar-refractivity contribution in [3.05, 3.63) is 47.8 Å². The van der Waals surface area contributed by atoms with Crippen molar-refractivity contribution in [2.75, 3.05) is 22.7 Å². The van der Waals surface area contributed by atoms with Gasteiger partial charge in [-0.05, 0) is 57.2 Å². The SMILES string of the molecule is CC(=O)NC[C@H]1CN(S(=O)(=O)c2ccc(F)c(C#N)c2)c2cc(NC(=O)OC(C)(C)C)ccc2O1. The van der Waals surface area contributed by atoms with Crippen LogP contribution in [0.25, 0.3) is 0 Å². The second-order valence-corrected chi connectivity index (χ2v) is 10.6. The van der Waals surface area contributed by atoms with Gasteiger partial charge in [0.05, 0.1) is 29.2 Å². The Labute approximate surface area is 202 Å². The molecular formula is C23H25FN4O6S. The van der Waals surface area contributed by atoms with Gasteiger partial charge in [-0.25, -0.2) is 17.6 Å². The lowest BCUT2D eigenvalue weighted by Gasteiger charge is -2.35. The van der Waals surface area contributed by atoms with Gasteiger partial charge < -0.3 is 14.8 Å². The molecule has 0 saturated heterocycles. The summed E-state index contributed by atoms with van der Waals surface area (Å²) in [6, 6.07) is 8.94. The predicted molar refractivity (Wildman–Crippen MR) is 125 cm³/mol. The van der Waals surface area contributed by atoms with Gasteiger partial charge in [0.15, 0.2) is 0 Å². The van der Waals surface area contributed by atoms with E-state index in [2.05, 4.69) is 10.6 Å². The van der Waals surface area contributed by atoms with E-state index in [9.17, 15) is 22.4 Å². The molecule has 0 aliphatic carbocycles. The van der Waals surface area contributed by atoms with Crippen LogP contribution in [0.15, 0.2) is 41.3 Å². The van der Waals surface area contributed by atoms with Gasteiger partial charge in [0.1, 0.15) is 29.3 Å². The van der Waals surface area contributed by atoms with Crippen LogP contribution in [0.2, 0.25) is 0 Å². The highest BCUT2D eigenvalue weighted by molar-refractivity contribution is 7.92. The number of fused-ring (bicyclic) bond motifs is 1. The van der Waals surface area contributed by atoms with Gasteiger partial charge >= 0.3 is 6.09 Å². The van der Waals surface area contributed by atoms with Crippen molar-refractivity contribution >= 4 is 33.4 Å². The molecule has 1 aliphatic rings. The minimum atomic E-state index is -4.29. The molecule has 0 fully saturated rings. The molecule has 2 aromatic rings. The summed E-state index contributed by atoms with van der Waals surface area (Å²) < 4.78 is 53.1. The van der Waals surface area contributed by atoms with Crippen molar-refractivity contribution in [1.29, 1.82) is 5.26 Å². The molecule has 2 N–H and O–H groups in total. The molecule has 0 bridgehead atoms. The summed E-state index contributed by atoms with van der Waals surface area (Å²) in [4.78, 5) is 23.3. The maximum absolute atomic E-state index is 13.8. The molecule has 3 rings (SSSR count). The average molecular weight is 505 g/mol. The summed E-state index contributed by atoms with van der Waals surface area (Å²) in [7, 11) is -4.29. The van der Waals surface area contributed by atoms with Gasteiger partial charge in [0, 0.05) is 12.6 Å². The molecule has 2 aromatic carbocycles. The quantitative estimate of drug-likeness (QED) is 0.638. The fourth-order valence-corrected chi connectivity index (χ4v) is 4.81. The Kier molecular flexibility index (Phi) is 7.21. The highest BCUT2D eigenvalue weighted by Crippen LogP contribution is 2.39. The molecule has 10 nitrogen and oxygen atoms in total. The van der Waals surface area contributed by atoms with Crippen molar-refractivity contribution in [3.8, 4) is 11.8 Å². The summed E-state index contributed by atoms with van der Waals surface area (Å²) in [6.45, 7) is 6.27. The van der Waals surface area contributed by atoms with Gasteiger partial charge in [-0.1, -0.05) is 0 Å². The number of amides is 2. The fourth-order valence-electron chi connectivity index (χ4n) is 3.28. The van der Waals surface area contributed by atoms with E-state index in [1.165, 1.54) is 25.1 Å². The average Bonchev–Trinajstić information content (AvgIpc) is 2.76. The number of anilines is 2. The second kappa shape index (κ2) is 9.79. The smallest absolute Gasteiger partial charge is 0.412 e. The lowest BCUT2D eigenvalue weighted by Crippen LogP contribution is -2.48. The van der Waals surface area contributed by atoms with Gasteiger partial charge in [-0.3, -0.25) is 14.4 Å². The number of nitrogens with one attached hydrogen (secondary N) is 2. The summed E-state index contributed by atoms with van der Waals surface area (Å²) in [5.41, 5.74) is -0.802. The number of sulfonamides is 1. The van der Waals surface area contributed by atoms with Crippen molar-refractivity contribution in [2.45, 2.75) is 44.3 Å². The first-order valence-corrected chi connectivity index (χ1v) is 12.0. The number of nitrogens with zero attached hydrogens (tertiary/aromatic N) is 2. The Morgan fingerprint density at radius 2 is 1.97 bits per heavy atom. The molecule has 0 saturated carbocycles. The second-order valence-electron chi connectivity index (χ2n) is 8.78. The monoisotopic (exact) mass is 504 g/mol. The standard InChI is InChI=1S/C23H25FN4O6S/c1-14(29)26-12-17-13-28(35(31,32)18-6-7-19(24)15(9-18)11-25)20-10-16(5-8-21(20)33-17)27-22(30)34-23(2,3)4/h5-10,17H,12-13H2,1-4H3,(H,26,29)(H,27,30)/t17-/m0/s1. The summed E-state index contributed by atoms with van der Waals surface area (Å²) in [6.07, 6.45) is -1.47. The lowest BCUT2D eigenvalue weighted by molar-refractivity contribution is -0.119. The molecule has 0 aromatic heterocycles. The lowest BCUT2D eigenvalue weighted by atomic mass is 10.2. The normalized spacial score (nSPS) is 15.3. The van der Waals surface area contributed by atoms with E-state index >= 15 is 0 Å². The third kappa shape index (κ3) is 6.19. The Morgan fingerprint density at radius 3 is 2.60 bits per heavy atom. The van der Waals surface area contributed by atoms with E-state index in [1.54, 1.807) is 26.8 Å². The topological polar surface area (TPSA) is 138 Å². The summed E-state index contributed by atoms with van der Waals surface area (Å²) >= 11 is 0. The fraction of sp³-hybridized carbons (Fsp3) is 0.348. The number of hydrogen-bond donors (Lipinski definition) is 2. The third-order valence-electron chi connectivity index (χ3n) is 4.76. The molecule has 0 unspecified atom stereocenters. The first-order valence-electron chi connectivity index (χ1n) is 10.6. The first-order chi connectivity index (χ1) is 16.3. The van der Waals surface area contributed by atoms with E-state index in [0.29, 0.717) is 0 Å². The van der Waals surface area contributed by atoms with Crippen LogP contribution in [-0.2, 0) is 19.6 Å². The van der Waals surface area contributed by atoms with Crippen molar-refractivity contribution in [1.82, 2.24) is 5.32 Å². The Hall–Kier alpha value is -3.85. The van der Waals surface area contributed by atoms with E-state index in [1.807, 2.05) is 0 Å². The van der Waals surface area contributed by atoms with Gasteiger partial charge in [-0.2, -0.15) is 5.26 Å². The maximum atomic E-state index is 13.8. The number of nitriles is 1. The molecule has 1 atom stereocenters. The van der Waals surface area contributed by atoms with Gasteiger partial charge in [-0.15, -0.1) is 0 Å². The Bertz CT molecular complexity index is 1300. The maximum Gasteiger partial charge on any atom is 0.412 e. The third-order valence-corrected chi connectivity index (χ3v) is 6.54. The van der Waals surface area contributed by atoms with Gasteiger partial charge in [0.25, 0.3) is 10.0 Å². The van der Waals surface area contributed by atoms with E-state index < -0.39 is 39.2 Å². The Balaban J connectivity index is 2.03. The Morgan fingerprint density at radius 1 is 1.26 bits per heavy atom. The largest absolute Gasteiger partial charge is 0.484 e. The molecule has 0 spiro atoms. The van der Waals surface area contributed by atoms with E-state index in [0.717, 1.165) is 22.5 Å². The zero-order valence-electron chi connectivity index (χ0n) is 19.6. The number of benzene rings is 2. The number of carbonyl (C=O) groups excluding carboxylic acids is 2. The molecular weight excluding hydrogens is 479 g/mol. The first kappa shape index (κ1) is 25.8. The summed E-state index contributed by atoms with van der Waals surface area (Å²) in [5.74, 6) is -0.975. The minimum Gasteiger partial charge on any atom is -0.484 e. The van der Waals surface area contributed by atoms with Crippen molar-refractivity contribution in [3.63, 3.8) is 0 Å². The van der Waals surface area contributed by atoms with Crippen LogP contribution in [0.4, 0.5) is 20.6 Å². The van der Waals surface area contributed by atoms with E-state index in [-0.39, 0.29) is 41.0 Å². The number of halogens is 1. The molecule has 1 aliphatic heterocycles. The molecule has 12 heteroatoms. The number of hydrogen-bond acceptors (Lipinski definition) is 7. The van der Waals surface area contributed by atoms with Crippen LogP contribution in [0.5, 0.6) is 5.75 Å². The zero-order chi connectivity index (χ0) is 26.0. The summed E-state index contributed by atoms with van der Waals surface area (Å²) in [5, 5.41) is 14.3. The van der Waals surface area contributed by atoms with Crippen LogP contribution >= 0.6 is 0 Å².